The van der Waals surface area contributed by atoms with Crippen LogP contribution < -0.4 is 5.32 Å². The standard InChI is InChI=1S/C12H21N3OS/c1-9(13-2)12-15-14-11(17-12)7-6-10-5-3-4-8-16-10/h9-10,13H,3-8H2,1-2H3. The average Bonchev–Trinajstić information content (AvgIpc) is 2.85. The highest BCUT2D eigenvalue weighted by atomic mass is 32.1. The molecule has 96 valence electrons. The van der Waals surface area contributed by atoms with Crippen molar-refractivity contribution in [3.05, 3.63) is 10.0 Å². The highest BCUT2D eigenvalue weighted by molar-refractivity contribution is 7.11. The Morgan fingerprint density at radius 3 is 3.06 bits per heavy atom. The van der Waals surface area contributed by atoms with Gasteiger partial charge in [-0.25, -0.2) is 0 Å². The van der Waals surface area contributed by atoms with Crippen LogP contribution in [0.4, 0.5) is 0 Å². The lowest BCUT2D eigenvalue weighted by atomic mass is 10.1. The third-order valence-corrected chi connectivity index (χ3v) is 4.41. The highest BCUT2D eigenvalue weighted by Gasteiger charge is 2.15. The molecule has 2 unspecified atom stereocenters. The van der Waals surface area contributed by atoms with Gasteiger partial charge in [0.2, 0.25) is 0 Å². The molecule has 0 radical (unpaired) electrons. The molecule has 2 rings (SSSR count). The van der Waals surface area contributed by atoms with Crippen LogP contribution in [0.3, 0.4) is 0 Å². The minimum absolute atomic E-state index is 0.298. The number of hydrogen-bond acceptors (Lipinski definition) is 5. The van der Waals surface area contributed by atoms with E-state index in [4.69, 9.17) is 4.74 Å². The molecule has 1 aromatic rings. The maximum absolute atomic E-state index is 5.72. The third-order valence-electron chi connectivity index (χ3n) is 3.24. The van der Waals surface area contributed by atoms with E-state index in [0.717, 1.165) is 29.5 Å². The molecule has 5 heteroatoms. The summed E-state index contributed by atoms with van der Waals surface area (Å²) in [5.41, 5.74) is 0. The molecule has 2 heterocycles. The van der Waals surface area contributed by atoms with Gasteiger partial charge in [0.1, 0.15) is 10.0 Å². The first-order chi connectivity index (χ1) is 8.29. The van der Waals surface area contributed by atoms with Gasteiger partial charge in [-0.2, -0.15) is 0 Å². The lowest BCUT2D eigenvalue weighted by Crippen LogP contribution is -2.19. The van der Waals surface area contributed by atoms with E-state index >= 15 is 0 Å². The normalized spacial score (nSPS) is 22.6. The van der Waals surface area contributed by atoms with Gasteiger partial charge in [0.25, 0.3) is 0 Å². The lowest BCUT2D eigenvalue weighted by molar-refractivity contribution is 0.0115. The van der Waals surface area contributed by atoms with Gasteiger partial charge >= 0.3 is 0 Å². The Morgan fingerprint density at radius 1 is 1.47 bits per heavy atom. The predicted octanol–water partition coefficient (Wildman–Crippen LogP) is 2.32. The summed E-state index contributed by atoms with van der Waals surface area (Å²) in [7, 11) is 1.95. The summed E-state index contributed by atoms with van der Waals surface area (Å²) in [4.78, 5) is 0. The molecule has 0 aliphatic carbocycles. The third kappa shape index (κ3) is 3.72. The second kappa shape index (κ2) is 6.42. The number of aromatic nitrogens is 2. The van der Waals surface area contributed by atoms with Crippen molar-refractivity contribution in [1.82, 2.24) is 15.5 Å². The van der Waals surface area contributed by atoms with Crippen LogP contribution in [0.2, 0.25) is 0 Å². The van der Waals surface area contributed by atoms with Gasteiger partial charge in [0.15, 0.2) is 0 Å². The van der Waals surface area contributed by atoms with Crippen molar-refractivity contribution in [3.8, 4) is 0 Å². The van der Waals surface area contributed by atoms with Crippen LogP contribution in [0, 0.1) is 0 Å². The van der Waals surface area contributed by atoms with Crippen molar-refractivity contribution in [3.63, 3.8) is 0 Å². The fourth-order valence-electron chi connectivity index (χ4n) is 1.99. The molecule has 0 bridgehead atoms. The van der Waals surface area contributed by atoms with E-state index in [-0.39, 0.29) is 0 Å². The van der Waals surface area contributed by atoms with Crippen LogP contribution in [-0.4, -0.2) is 30.0 Å². The average molecular weight is 255 g/mol. The Kier molecular flexibility index (Phi) is 4.88. The predicted molar refractivity (Wildman–Crippen MR) is 69.3 cm³/mol. The summed E-state index contributed by atoms with van der Waals surface area (Å²) >= 11 is 1.71. The molecule has 0 amide bonds. The van der Waals surface area contributed by atoms with E-state index in [2.05, 4.69) is 22.4 Å². The largest absolute Gasteiger partial charge is 0.378 e. The quantitative estimate of drug-likeness (QED) is 0.877. The van der Waals surface area contributed by atoms with Crippen molar-refractivity contribution < 1.29 is 4.74 Å². The zero-order chi connectivity index (χ0) is 12.1. The molecule has 1 saturated heterocycles. The van der Waals surface area contributed by atoms with Crippen LogP contribution in [0.5, 0.6) is 0 Å². The molecular formula is C12H21N3OS. The number of nitrogens with zero attached hydrogens (tertiary/aromatic N) is 2. The molecule has 0 spiro atoms. The van der Waals surface area contributed by atoms with E-state index in [0.29, 0.717) is 12.1 Å². The summed E-state index contributed by atoms with van der Waals surface area (Å²) in [5, 5.41) is 13.9. The summed E-state index contributed by atoms with van der Waals surface area (Å²) in [5.74, 6) is 0. The van der Waals surface area contributed by atoms with Crippen molar-refractivity contribution in [2.75, 3.05) is 13.7 Å². The van der Waals surface area contributed by atoms with E-state index in [1.165, 1.54) is 19.3 Å². The van der Waals surface area contributed by atoms with Crippen molar-refractivity contribution in [2.45, 2.75) is 51.2 Å². The Hall–Kier alpha value is -0.520. The SMILES string of the molecule is CNC(C)c1nnc(CCC2CCCCO2)s1. The number of nitrogens with one attached hydrogen (secondary N) is 1. The van der Waals surface area contributed by atoms with Gasteiger partial charge in [-0.15, -0.1) is 10.2 Å². The van der Waals surface area contributed by atoms with Gasteiger partial charge in [-0.05, 0) is 39.7 Å². The van der Waals surface area contributed by atoms with Crippen molar-refractivity contribution >= 4 is 11.3 Å². The summed E-state index contributed by atoms with van der Waals surface area (Å²) in [6, 6.07) is 0.298. The molecule has 0 saturated carbocycles. The maximum atomic E-state index is 5.72. The Bertz CT molecular complexity index is 336. The first-order valence-corrected chi connectivity index (χ1v) is 7.22. The molecule has 1 N–H and O–H groups in total. The fourth-order valence-corrected chi connectivity index (χ4v) is 2.90. The van der Waals surface area contributed by atoms with Crippen LogP contribution in [0.15, 0.2) is 0 Å². The Balaban J connectivity index is 1.80. The monoisotopic (exact) mass is 255 g/mol. The molecule has 17 heavy (non-hydrogen) atoms. The van der Waals surface area contributed by atoms with Gasteiger partial charge in [-0.3, -0.25) is 0 Å². The summed E-state index contributed by atoms with van der Waals surface area (Å²) < 4.78 is 5.72. The molecular weight excluding hydrogens is 234 g/mol. The van der Waals surface area contributed by atoms with E-state index < -0.39 is 0 Å². The highest BCUT2D eigenvalue weighted by Crippen LogP contribution is 2.21. The minimum Gasteiger partial charge on any atom is -0.378 e. The molecule has 1 aromatic heterocycles. The second-order valence-electron chi connectivity index (χ2n) is 4.57. The second-order valence-corrected chi connectivity index (χ2v) is 5.67. The number of hydrogen-bond donors (Lipinski definition) is 1. The van der Waals surface area contributed by atoms with Crippen LogP contribution in [0.1, 0.15) is 48.7 Å². The van der Waals surface area contributed by atoms with Gasteiger partial charge < -0.3 is 10.1 Å². The van der Waals surface area contributed by atoms with E-state index in [1.54, 1.807) is 11.3 Å². The first kappa shape index (κ1) is 12.9. The maximum Gasteiger partial charge on any atom is 0.134 e. The van der Waals surface area contributed by atoms with Gasteiger partial charge in [0.05, 0.1) is 12.1 Å². The van der Waals surface area contributed by atoms with Crippen molar-refractivity contribution in [1.29, 1.82) is 0 Å². The summed E-state index contributed by atoms with van der Waals surface area (Å²) in [6.07, 6.45) is 6.26. The Morgan fingerprint density at radius 2 is 2.35 bits per heavy atom. The zero-order valence-electron chi connectivity index (χ0n) is 10.6. The van der Waals surface area contributed by atoms with Crippen LogP contribution >= 0.6 is 11.3 Å². The fraction of sp³-hybridized carbons (Fsp3) is 0.833. The van der Waals surface area contributed by atoms with Gasteiger partial charge in [0, 0.05) is 13.0 Å². The molecule has 4 nitrogen and oxygen atoms in total. The zero-order valence-corrected chi connectivity index (χ0v) is 11.4. The van der Waals surface area contributed by atoms with E-state index in [1.807, 2.05) is 7.05 Å². The lowest BCUT2D eigenvalue weighted by Gasteiger charge is -2.21. The smallest absolute Gasteiger partial charge is 0.134 e. The van der Waals surface area contributed by atoms with Gasteiger partial charge in [-0.1, -0.05) is 11.3 Å². The molecule has 2 atom stereocenters. The number of aryl methyl sites for hydroxylation is 1. The molecule has 0 aromatic carbocycles. The Labute approximate surface area is 107 Å². The first-order valence-electron chi connectivity index (χ1n) is 6.40. The molecule has 1 aliphatic heterocycles. The molecule has 1 fully saturated rings. The topological polar surface area (TPSA) is 47.0 Å². The van der Waals surface area contributed by atoms with Crippen LogP contribution in [-0.2, 0) is 11.2 Å². The van der Waals surface area contributed by atoms with Crippen LogP contribution in [0.25, 0.3) is 0 Å². The minimum atomic E-state index is 0.298. The number of ether oxygens (including phenoxy) is 1. The van der Waals surface area contributed by atoms with Crippen molar-refractivity contribution in [2.24, 2.45) is 0 Å². The van der Waals surface area contributed by atoms with E-state index in [9.17, 15) is 0 Å². The number of rotatable bonds is 5. The summed E-state index contributed by atoms with van der Waals surface area (Å²) in [6.45, 7) is 3.04. The molecule has 1 aliphatic rings.